The predicted molar refractivity (Wildman–Crippen MR) is 122 cm³/mol. The highest BCUT2D eigenvalue weighted by atomic mass is 19.1. The molecule has 168 valence electrons. The maximum atomic E-state index is 13.5. The number of halogens is 1. The van der Waals surface area contributed by atoms with Crippen LogP contribution in [0.5, 0.6) is 5.88 Å². The number of methoxy groups -OCH3 is 1. The highest BCUT2D eigenvalue weighted by Gasteiger charge is 2.15. The van der Waals surface area contributed by atoms with E-state index in [0.29, 0.717) is 47.6 Å². The van der Waals surface area contributed by atoms with Crippen molar-refractivity contribution < 1.29 is 19.0 Å². The summed E-state index contributed by atoms with van der Waals surface area (Å²) in [5.74, 6) is -0.323. The lowest BCUT2D eigenvalue weighted by molar-refractivity contribution is -0.137. The number of nitrogens with zero attached hydrogens (tertiary/aromatic N) is 3. The molecule has 0 radical (unpaired) electrons. The number of aromatic nitrogens is 3. The lowest BCUT2D eigenvalue weighted by atomic mass is 10.0. The van der Waals surface area contributed by atoms with Crippen molar-refractivity contribution in [2.24, 2.45) is 0 Å². The van der Waals surface area contributed by atoms with Crippen molar-refractivity contribution in [2.45, 2.75) is 25.7 Å². The molecule has 4 aromatic rings. The minimum absolute atomic E-state index is 0.0410. The van der Waals surface area contributed by atoms with Crippen LogP contribution in [0.15, 0.2) is 65.6 Å². The third kappa shape index (κ3) is 4.74. The summed E-state index contributed by atoms with van der Waals surface area (Å²) in [6, 6.07) is 14.6. The molecule has 0 amide bonds. The largest absolute Gasteiger partial charge is 0.481 e. The summed E-state index contributed by atoms with van der Waals surface area (Å²) in [4.78, 5) is 33.3. The van der Waals surface area contributed by atoms with E-state index in [2.05, 4.69) is 4.98 Å². The number of unbranched alkanes of at least 4 members (excludes halogenated alkanes) is 1. The van der Waals surface area contributed by atoms with Crippen molar-refractivity contribution >= 4 is 16.9 Å². The Bertz CT molecular complexity index is 1370. The lowest BCUT2D eigenvalue weighted by Gasteiger charge is -2.14. The topological polar surface area (TPSA) is 94.3 Å². The molecule has 0 aliphatic heterocycles. The lowest BCUT2D eigenvalue weighted by Crippen LogP contribution is -2.24. The summed E-state index contributed by atoms with van der Waals surface area (Å²) in [5.41, 5.74) is 2.31. The van der Waals surface area contributed by atoms with Gasteiger partial charge in [0.25, 0.3) is 5.56 Å². The molecule has 4 rings (SSSR count). The zero-order valence-corrected chi connectivity index (χ0v) is 18.0. The fraction of sp³-hybridized carbons (Fsp3) is 0.200. The molecule has 8 heteroatoms. The standard InChI is InChI=1S/C25H22FN3O4/c1-33-24-19(5-4-14-27-24)16-8-13-20-21(15-16)28-22(6-2-3-7-23(30)31)29(25(20)32)18-11-9-17(26)10-12-18/h4-5,8-15H,2-3,6-7H2,1H3,(H,30,31). The molecule has 2 aromatic heterocycles. The number of benzene rings is 2. The molecule has 2 heterocycles. The first-order chi connectivity index (χ1) is 16.0. The summed E-state index contributed by atoms with van der Waals surface area (Å²) in [5, 5.41) is 9.33. The van der Waals surface area contributed by atoms with E-state index in [1.807, 2.05) is 18.2 Å². The van der Waals surface area contributed by atoms with Crippen LogP contribution in [0.3, 0.4) is 0 Å². The summed E-state index contributed by atoms with van der Waals surface area (Å²) >= 11 is 0. The van der Waals surface area contributed by atoms with Crippen molar-refractivity contribution in [3.63, 3.8) is 0 Å². The van der Waals surface area contributed by atoms with Crippen molar-refractivity contribution in [3.05, 3.63) is 82.8 Å². The van der Waals surface area contributed by atoms with Crippen LogP contribution in [-0.4, -0.2) is 32.7 Å². The normalized spacial score (nSPS) is 11.0. The number of rotatable bonds is 8. The number of ether oxygens (including phenoxy) is 1. The Hall–Kier alpha value is -4.07. The number of carbonyl (C=O) groups is 1. The molecule has 33 heavy (non-hydrogen) atoms. The van der Waals surface area contributed by atoms with Crippen LogP contribution in [0.2, 0.25) is 0 Å². The van der Waals surface area contributed by atoms with Gasteiger partial charge in [0.15, 0.2) is 0 Å². The van der Waals surface area contributed by atoms with E-state index in [4.69, 9.17) is 14.8 Å². The van der Waals surface area contributed by atoms with E-state index in [1.165, 1.54) is 28.8 Å². The van der Waals surface area contributed by atoms with Gasteiger partial charge in [-0.25, -0.2) is 14.4 Å². The van der Waals surface area contributed by atoms with Crippen LogP contribution < -0.4 is 10.3 Å². The maximum Gasteiger partial charge on any atom is 0.303 e. The smallest absolute Gasteiger partial charge is 0.303 e. The molecule has 7 nitrogen and oxygen atoms in total. The Balaban J connectivity index is 1.84. The monoisotopic (exact) mass is 447 g/mol. The molecule has 0 unspecified atom stereocenters. The van der Waals surface area contributed by atoms with E-state index in [0.717, 1.165) is 11.1 Å². The minimum atomic E-state index is -0.868. The second kappa shape index (κ2) is 9.60. The average molecular weight is 447 g/mol. The molecule has 0 fully saturated rings. The first kappa shape index (κ1) is 22.1. The van der Waals surface area contributed by atoms with E-state index in [-0.39, 0.29) is 12.0 Å². The van der Waals surface area contributed by atoms with Gasteiger partial charge < -0.3 is 9.84 Å². The molecule has 0 aliphatic carbocycles. The second-order valence-electron chi connectivity index (χ2n) is 7.54. The number of fused-ring (bicyclic) bond motifs is 1. The van der Waals surface area contributed by atoms with Crippen LogP contribution in [0.25, 0.3) is 27.7 Å². The Labute approximate surface area is 189 Å². The van der Waals surface area contributed by atoms with Gasteiger partial charge in [-0.2, -0.15) is 0 Å². The molecule has 0 aliphatic rings. The quantitative estimate of drug-likeness (QED) is 0.403. The van der Waals surface area contributed by atoms with Gasteiger partial charge in [-0.15, -0.1) is 0 Å². The SMILES string of the molecule is COc1ncccc1-c1ccc2c(=O)n(-c3ccc(F)cc3)c(CCCCC(=O)O)nc2c1. The number of carboxylic acids is 1. The molecule has 1 N–H and O–H groups in total. The van der Waals surface area contributed by atoms with E-state index in [1.54, 1.807) is 25.4 Å². The molecule has 0 saturated carbocycles. The fourth-order valence-electron chi connectivity index (χ4n) is 3.76. The highest BCUT2D eigenvalue weighted by Crippen LogP contribution is 2.29. The molecule has 0 saturated heterocycles. The number of aliphatic carboxylic acids is 1. The first-order valence-corrected chi connectivity index (χ1v) is 10.5. The van der Waals surface area contributed by atoms with Crippen LogP contribution >= 0.6 is 0 Å². The van der Waals surface area contributed by atoms with Gasteiger partial charge in [-0.1, -0.05) is 6.07 Å². The van der Waals surface area contributed by atoms with E-state index >= 15 is 0 Å². The summed E-state index contributed by atoms with van der Waals surface area (Å²) in [6.45, 7) is 0. The van der Waals surface area contributed by atoms with Gasteiger partial charge in [0, 0.05) is 24.6 Å². The third-order valence-corrected chi connectivity index (χ3v) is 5.34. The molecule has 2 aromatic carbocycles. The van der Waals surface area contributed by atoms with E-state index < -0.39 is 11.8 Å². The molecule has 0 spiro atoms. The summed E-state index contributed by atoms with van der Waals surface area (Å²) < 4.78 is 20.3. The Morgan fingerprint density at radius 2 is 1.91 bits per heavy atom. The molecular formula is C25H22FN3O4. The Kier molecular flexibility index (Phi) is 6.44. The third-order valence-electron chi connectivity index (χ3n) is 5.34. The van der Waals surface area contributed by atoms with Gasteiger partial charge in [0.1, 0.15) is 11.6 Å². The summed E-state index contributed by atoms with van der Waals surface area (Å²) in [6.07, 6.45) is 3.08. The van der Waals surface area contributed by atoms with Gasteiger partial charge in [-0.3, -0.25) is 14.2 Å². The van der Waals surface area contributed by atoms with Crippen molar-refractivity contribution in [1.29, 1.82) is 0 Å². The van der Waals surface area contributed by atoms with Crippen molar-refractivity contribution in [1.82, 2.24) is 14.5 Å². The van der Waals surface area contributed by atoms with Crippen LogP contribution in [-0.2, 0) is 11.2 Å². The van der Waals surface area contributed by atoms with Gasteiger partial charge in [0.05, 0.1) is 23.7 Å². The first-order valence-electron chi connectivity index (χ1n) is 10.5. The average Bonchev–Trinajstić information content (AvgIpc) is 2.82. The summed E-state index contributed by atoms with van der Waals surface area (Å²) in [7, 11) is 1.54. The Morgan fingerprint density at radius 3 is 2.64 bits per heavy atom. The number of hydrogen-bond donors (Lipinski definition) is 1. The number of pyridine rings is 1. The number of hydrogen-bond acceptors (Lipinski definition) is 5. The van der Waals surface area contributed by atoms with Gasteiger partial charge in [-0.05, 0) is 66.9 Å². The second-order valence-corrected chi connectivity index (χ2v) is 7.54. The van der Waals surface area contributed by atoms with Crippen molar-refractivity contribution in [2.75, 3.05) is 7.11 Å². The fourth-order valence-corrected chi connectivity index (χ4v) is 3.76. The maximum absolute atomic E-state index is 13.5. The minimum Gasteiger partial charge on any atom is -0.481 e. The van der Waals surface area contributed by atoms with Crippen LogP contribution in [0.4, 0.5) is 4.39 Å². The van der Waals surface area contributed by atoms with Crippen molar-refractivity contribution in [3.8, 4) is 22.7 Å². The van der Waals surface area contributed by atoms with Gasteiger partial charge in [0.2, 0.25) is 5.88 Å². The zero-order valence-electron chi connectivity index (χ0n) is 18.0. The predicted octanol–water partition coefficient (Wildman–Crippen LogP) is 4.39. The molecule has 0 bridgehead atoms. The number of aryl methyl sites for hydroxylation is 1. The number of carboxylic acid groups (broad SMARTS) is 1. The molecular weight excluding hydrogens is 425 g/mol. The van der Waals surface area contributed by atoms with Crippen LogP contribution in [0.1, 0.15) is 25.1 Å². The van der Waals surface area contributed by atoms with Gasteiger partial charge >= 0.3 is 5.97 Å². The highest BCUT2D eigenvalue weighted by molar-refractivity contribution is 5.85. The zero-order chi connectivity index (χ0) is 23.4. The molecule has 0 atom stereocenters. The van der Waals surface area contributed by atoms with E-state index in [9.17, 15) is 14.0 Å². The Morgan fingerprint density at radius 1 is 1.12 bits per heavy atom. The van der Waals surface area contributed by atoms with Crippen LogP contribution in [0, 0.1) is 5.82 Å².